The summed E-state index contributed by atoms with van der Waals surface area (Å²) in [6.45, 7) is 0. The van der Waals surface area contributed by atoms with E-state index in [0.717, 1.165) is 12.1 Å². The minimum Gasteiger partial charge on any atom is -0.480 e. The first kappa shape index (κ1) is 14.6. The Morgan fingerprint density at radius 1 is 1.27 bits per heavy atom. The summed E-state index contributed by atoms with van der Waals surface area (Å²) in [5.74, 6) is -1.42. The quantitative estimate of drug-likeness (QED) is 0.905. The molecule has 0 spiro atoms. The van der Waals surface area contributed by atoms with Gasteiger partial charge in [-0.25, -0.2) is 9.48 Å². The fourth-order valence-corrected chi connectivity index (χ4v) is 2.51. The van der Waals surface area contributed by atoms with Gasteiger partial charge in [0, 0.05) is 11.2 Å². The van der Waals surface area contributed by atoms with Crippen LogP contribution in [0.15, 0.2) is 36.7 Å². The number of nitrogens with zero attached hydrogens (tertiary/aromatic N) is 2. The van der Waals surface area contributed by atoms with Crippen molar-refractivity contribution in [3.05, 3.63) is 47.2 Å². The molecule has 22 heavy (non-hydrogen) atoms. The van der Waals surface area contributed by atoms with Crippen molar-refractivity contribution in [2.24, 2.45) is 0 Å². The third-order valence-corrected chi connectivity index (χ3v) is 4.16. The number of hydrogen-bond acceptors (Lipinski definition) is 3. The van der Waals surface area contributed by atoms with E-state index in [2.05, 4.69) is 10.4 Å². The zero-order chi connectivity index (χ0) is 15.7. The Labute approximate surface area is 131 Å². The molecule has 1 amide bonds. The summed E-state index contributed by atoms with van der Waals surface area (Å²) in [5.41, 5.74) is -0.0399. The van der Waals surface area contributed by atoms with Gasteiger partial charge in [0.1, 0.15) is 5.54 Å². The van der Waals surface area contributed by atoms with Crippen LogP contribution < -0.4 is 5.32 Å². The maximum Gasteiger partial charge on any atom is 0.329 e. The molecule has 0 saturated heterocycles. The lowest BCUT2D eigenvalue weighted by atomic mass is 9.76. The third kappa shape index (κ3) is 2.57. The number of rotatable bonds is 4. The predicted octanol–water partition coefficient (Wildman–Crippen LogP) is 2.26. The van der Waals surface area contributed by atoms with E-state index in [9.17, 15) is 14.7 Å². The maximum atomic E-state index is 12.2. The lowest BCUT2D eigenvalue weighted by Gasteiger charge is -2.38. The van der Waals surface area contributed by atoms with Crippen LogP contribution in [0, 0.1) is 0 Å². The molecule has 0 unspecified atom stereocenters. The molecule has 1 aromatic heterocycles. The number of carbonyl (C=O) groups is 2. The van der Waals surface area contributed by atoms with Crippen LogP contribution in [-0.2, 0) is 4.79 Å². The zero-order valence-corrected chi connectivity index (χ0v) is 12.4. The van der Waals surface area contributed by atoms with E-state index in [-0.39, 0.29) is 0 Å². The molecule has 1 fully saturated rings. The van der Waals surface area contributed by atoms with Crippen molar-refractivity contribution < 1.29 is 14.7 Å². The first-order chi connectivity index (χ1) is 10.5. The van der Waals surface area contributed by atoms with Gasteiger partial charge in [0.05, 0.1) is 17.4 Å². The van der Waals surface area contributed by atoms with Crippen LogP contribution in [0.2, 0.25) is 5.02 Å². The standard InChI is InChI=1S/C15H14ClN3O3/c16-11-2-4-12(5-3-11)19-9-10(8-17-19)13(20)18-15(14(21)22)6-1-7-15/h2-5,8-9H,1,6-7H2,(H,18,20)(H,21,22). The third-order valence-electron chi connectivity index (χ3n) is 3.91. The van der Waals surface area contributed by atoms with Crippen LogP contribution in [-0.4, -0.2) is 32.3 Å². The summed E-state index contributed by atoms with van der Waals surface area (Å²) in [4.78, 5) is 23.5. The Bertz CT molecular complexity index is 720. The van der Waals surface area contributed by atoms with Gasteiger partial charge >= 0.3 is 5.97 Å². The molecule has 7 heteroatoms. The molecule has 3 rings (SSSR count). The van der Waals surface area contributed by atoms with Gasteiger partial charge in [-0.3, -0.25) is 4.79 Å². The van der Waals surface area contributed by atoms with Crippen molar-refractivity contribution in [1.82, 2.24) is 15.1 Å². The molecule has 0 radical (unpaired) electrons. The zero-order valence-electron chi connectivity index (χ0n) is 11.6. The van der Waals surface area contributed by atoms with E-state index in [0.29, 0.717) is 23.4 Å². The topological polar surface area (TPSA) is 84.2 Å². The average Bonchev–Trinajstić information content (AvgIpc) is 2.93. The van der Waals surface area contributed by atoms with Crippen LogP contribution >= 0.6 is 11.6 Å². The molecule has 1 aliphatic rings. The highest BCUT2D eigenvalue weighted by Gasteiger charge is 2.45. The minimum atomic E-state index is -1.13. The van der Waals surface area contributed by atoms with Gasteiger partial charge in [-0.2, -0.15) is 5.10 Å². The lowest BCUT2D eigenvalue weighted by molar-refractivity contribution is -0.148. The Kier molecular flexibility index (Phi) is 3.62. The summed E-state index contributed by atoms with van der Waals surface area (Å²) >= 11 is 5.83. The van der Waals surface area contributed by atoms with Crippen LogP contribution in [0.25, 0.3) is 5.69 Å². The van der Waals surface area contributed by atoms with E-state index in [1.54, 1.807) is 35.1 Å². The van der Waals surface area contributed by atoms with Crippen LogP contribution in [0.3, 0.4) is 0 Å². The Morgan fingerprint density at radius 3 is 2.50 bits per heavy atom. The number of carboxylic acid groups (broad SMARTS) is 1. The number of aromatic nitrogens is 2. The highest BCUT2D eigenvalue weighted by atomic mass is 35.5. The molecule has 2 N–H and O–H groups in total. The van der Waals surface area contributed by atoms with E-state index >= 15 is 0 Å². The normalized spacial score (nSPS) is 15.9. The summed E-state index contributed by atoms with van der Waals surface area (Å²) in [6.07, 6.45) is 4.69. The lowest BCUT2D eigenvalue weighted by Crippen LogP contribution is -2.59. The highest BCUT2D eigenvalue weighted by Crippen LogP contribution is 2.32. The van der Waals surface area contributed by atoms with Crippen LogP contribution in [0.4, 0.5) is 0 Å². The van der Waals surface area contributed by atoms with E-state index < -0.39 is 17.4 Å². The number of halogens is 1. The molecular formula is C15H14ClN3O3. The number of amides is 1. The largest absolute Gasteiger partial charge is 0.480 e. The second-order valence-corrected chi connectivity index (χ2v) is 5.78. The molecule has 114 valence electrons. The van der Waals surface area contributed by atoms with Gasteiger partial charge < -0.3 is 10.4 Å². The van der Waals surface area contributed by atoms with Crippen molar-refractivity contribution >= 4 is 23.5 Å². The summed E-state index contributed by atoms with van der Waals surface area (Å²) < 4.78 is 1.54. The molecule has 0 aliphatic heterocycles. The molecular weight excluding hydrogens is 306 g/mol. The van der Waals surface area contributed by atoms with Gasteiger partial charge in [-0.15, -0.1) is 0 Å². The number of carboxylic acids is 1. The molecule has 2 aromatic rings. The summed E-state index contributed by atoms with van der Waals surface area (Å²) in [7, 11) is 0. The number of nitrogens with one attached hydrogen (secondary N) is 1. The maximum absolute atomic E-state index is 12.2. The van der Waals surface area contributed by atoms with E-state index in [1.807, 2.05) is 0 Å². The average molecular weight is 320 g/mol. The predicted molar refractivity (Wildman–Crippen MR) is 80.3 cm³/mol. The van der Waals surface area contributed by atoms with Crippen molar-refractivity contribution in [3.8, 4) is 5.69 Å². The fraction of sp³-hybridized carbons (Fsp3) is 0.267. The molecule has 0 atom stereocenters. The van der Waals surface area contributed by atoms with Gasteiger partial charge in [0.2, 0.25) is 0 Å². The second-order valence-electron chi connectivity index (χ2n) is 5.34. The first-order valence-electron chi connectivity index (χ1n) is 6.87. The molecule has 1 saturated carbocycles. The number of hydrogen-bond donors (Lipinski definition) is 2. The Morgan fingerprint density at radius 2 is 1.95 bits per heavy atom. The van der Waals surface area contributed by atoms with Crippen LogP contribution in [0.5, 0.6) is 0 Å². The number of benzene rings is 1. The van der Waals surface area contributed by atoms with Gasteiger partial charge in [-0.05, 0) is 43.5 Å². The summed E-state index contributed by atoms with van der Waals surface area (Å²) in [5, 5.41) is 16.6. The van der Waals surface area contributed by atoms with Crippen molar-refractivity contribution in [2.75, 3.05) is 0 Å². The Balaban J connectivity index is 1.77. The van der Waals surface area contributed by atoms with E-state index in [4.69, 9.17) is 11.6 Å². The Hall–Kier alpha value is -2.34. The van der Waals surface area contributed by atoms with Gasteiger partial charge in [-0.1, -0.05) is 11.6 Å². The molecule has 0 bridgehead atoms. The minimum absolute atomic E-state index is 0.322. The SMILES string of the molecule is O=C(NC1(C(=O)O)CCC1)c1cnn(-c2ccc(Cl)cc2)c1. The van der Waals surface area contributed by atoms with Crippen molar-refractivity contribution in [1.29, 1.82) is 0 Å². The summed E-state index contributed by atoms with van der Waals surface area (Å²) in [6, 6.07) is 7.02. The highest BCUT2D eigenvalue weighted by molar-refractivity contribution is 6.30. The number of aliphatic carboxylic acids is 1. The monoisotopic (exact) mass is 319 g/mol. The first-order valence-corrected chi connectivity index (χ1v) is 7.24. The molecule has 1 aromatic carbocycles. The van der Waals surface area contributed by atoms with E-state index in [1.165, 1.54) is 6.20 Å². The molecule has 1 heterocycles. The number of carbonyl (C=O) groups excluding carboxylic acids is 1. The molecule has 1 aliphatic carbocycles. The smallest absolute Gasteiger partial charge is 0.329 e. The van der Waals surface area contributed by atoms with Crippen molar-refractivity contribution in [3.63, 3.8) is 0 Å². The van der Waals surface area contributed by atoms with Gasteiger partial charge in [0.25, 0.3) is 5.91 Å². The fourth-order valence-electron chi connectivity index (χ4n) is 2.39. The van der Waals surface area contributed by atoms with Gasteiger partial charge in [0.15, 0.2) is 0 Å². The second kappa shape index (κ2) is 5.46. The molecule has 6 nitrogen and oxygen atoms in total. The van der Waals surface area contributed by atoms with Crippen LogP contribution in [0.1, 0.15) is 29.6 Å². The van der Waals surface area contributed by atoms with Crippen molar-refractivity contribution in [2.45, 2.75) is 24.8 Å².